The maximum Gasteiger partial charge on any atom is 0.326 e. The van der Waals surface area contributed by atoms with E-state index in [4.69, 9.17) is 5.11 Å². The molecule has 2 atom stereocenters. The molecule has 1 fully saturated rings. The first kappa shape index (κ1) is 14.8. The molecule has 1 saturated carbocycles. The summed E-state index contributed by atoms with van der Waals surface area (Å²) in [5.74, 6) is -0.509. The van der Waals surface area contributed by atoms with Crippen LogP contribution in [0, 0.1) is 16.7 Å². The van der Waals surface area contributed by atoms with E-state index in [0.29, 0.717) is 17.9 Å². The molecule has 0 aliphatic heterocycles. The van der Waals surface area contributed by atoms with Crippen LogP contribution in [-0.2, 0) is 4.79 Å². The third kappa shape index (κ3) is 3.89. The Labute approximate surface area is 108 Å². The fourth-order valence-electron chi connectivity index (χ4n) is 1.97. The van der Waals surface area contributed by atoms with E-state index >= 15 is 0 Å². The Morgan fingerprint density at radius 3 is 2.22 bits per heavy atom. The molecule has 0 aromatic rings. The average molecular weight is 256 g/mol. The molecule has 2 amide bonds. The van der Waals surface area contributed by atoms with Gasteiger partial charge < -0.3 is 15.7 Å². The highest BCUT2D eigenvalue weighted by Crippen LogP contribution is 2.50. The maximum absolute atomic E-state index is 11.7. The molecule has 18 heavy (non-hydrogen) atoms. The zero-order valence-electron chi connectivity index (χ0n) is 11.8. The van der Waals surface area contributed by atoms with Crippen LogP contribution in [0.2, 0.25) is 0 Å². The Hall–Kier alpha value is -1.26. The lowest BCUT2D eigenvalue weighted by Crippen LogP contribution is -2.52. The Bertz CT molecular complexity index is 345. The van der Waals surface area contributed by atoms with Gasteiger partial charge in [0.2, 0.25) is 0 Å². The summed E-state index contributed by atoms with van der Waals surface area (Å²) in [6.07, 6.45) is 1.11. The van der Waals surface area contributed by atoms with E-state index in [-0.39, 0.29) is 0 Å². The van der Waals surface area contributed by atoms with Gasteiger partial charge in [0.15, 0.2) is 0 Å². The van der Waals surface area contributed by atoms with Gasteiger partial charge in [-0.2, -0.15) is 0 Å². The van der Waals surface area contributed by atoms with Gasteiger partial charge in [0, 0.05) is 6.54 Å². The molecule has 5 heteroatoms. The number of carboxylic acids is 1. The second-order valence-corrected chi connectivity index (χ2v) is 6.88. The van der Waals surface area contributed by atoms with Gasteiger partial charge in [0.1, 0.15) is 6.04 Å². The minimum atomic E-state index is -1.01. The highest BCUT2D eigenvalue weighted by molar-refractivity contribution is 5.83. The van der Waals surface area contributed by atoms with Gasteiger partial charge in [0.25, 0.3) is 0 Å². The van der Waals surface area contributed by atoms with Crippen molar-refractivity contribution in [1.29, 1.82) is 0 Å². The number of carboxylic acid groups (broad SMARTS) is 1. The van der Waals surface area contributed by atoms with Gasteiger partial charge >= 0.3 is 12.0 Å². The predicted octanol–water partition coefficient (Wildman–Crippen LogP) is 1.83. The lowest BCUT2D eigenvalue weighted by molar-refractivity contribution is -0.141. The SMILES string of the molecule is CC(C)(C)C(NC(=O)NCC1CC1(C)C)C(=O)O. The number of hydrogen-bond acceptors (Lipinski definition) is 2. The van der Waals surface area contributed by atoms with E-state index in [1.807, 2.05) is 0 Å². The van der Waals surface area contributed by atoms with E-state index in [1.54, 1.807) is 20.8 Å². The van der Waals surface area contributed by atoms with Crippen molar-refractivity contribution < 1.29 is 14.7 Å². The number of carbonyl (C=O) groups is 2. The summed E-state index contributed by atoms with van der Waals surface area (Å²) >= 11 is 0. The molecule has 104 valence electrons. The van der Waals surface area contributed by atoms with Crippen molar-refractivity contribution in [2.45, 2.75) is 47.1 Å². The van der Waals surface area contributed by atoms with Crippen LogP contribution in [0.15, 0.2) is 0 Å². The normalized spacial score (nSPS) is 23.1. The van der Waals surface area contributed by atoms with Crippen molar-refractivity contribution in [2.75, 3.05) is 6.54 Å². The quantitative estimate of drug-likeness (QED) is 0.718. The molecule has 0 aromatic heterocycles. The van der Waals surface area contributed by atoms with Crippen LogP contribution in [0.1, 0.15) is 41.0 Å². The van der Waals surface area contributed by atoms with E-state index < -0.39 is 23.5 Å². The van der Waals surface area contributed by atoms with E-state index in [9.17, 15) is 9.59 Å². The molecule has 1 rings (SSSR count). The topological polar surface area (TPSA) is 78.4 Å². The molecule has 5 nitrogen and oxygen atoms in total. The number of urea groups is 1. The summed E-state index contributed by atoms with van der Waals surface area (Å²) in [5, 5.41) is 14.3. The Morgan fingerprint density at radius 2 is 1.89 bits per heavy atom. The minimum absolute atomic E-state index is 0.309. The van der Waals surface area contributed by atoms with Crippen molar-refractivity contribution in [3.63, 3.8) is 0 Å². The van der Waals surface area contributed by atoms with Gasteiger partial charge in [-0.05, 0) is 23.2 Å². The molecular weight excluding hydrogens is 232 g/mol. The number of carbonyl (C=O) groups excluding carboxylic acids is 1. The lowest BCUT2D eigenvalue weighted by atomic mass is 9.87. The van der Waals surface area contributed by atoms with Crippen LogP contribution >= 0.6 is 0 Å². The van der Waals surface area contributed by atoms with Crippen molar-refractivity contribution in [3.8, 4) is 0 Å². The standard InChI is InChI=1S/C13H24N2O3/c1-12(2,3)9(10(16)17)15-11(18)14-7-8-6-13(8,4)5/h8-9H,6-7H2,1-5H3,(H,16,17)(H2,14,15,18). The monoisotopic (exact) mass is 256 g/mol. The summed E-state index contributed by atoms with van der Waals surface area (Å²) in [7, 11) is 0. The Morgan fingerprint density at radius 1 is 1.39 bits per heavy atom. The zero-order chi connectivity index (χ0) is 14.1. The van der Waals surface area contributed by atoms with Crippen LogP contribution in [-0.4, -0.2) is 29.7 Å². The third-order valence-electron chi connectivity index (χ3n) is 3.61. The maximum atomic E-state index is 11.7. The van der Waals surface area contributed by atoms with Gasteiger partial charge in [-0.1, -0.05) is 34.6 Å². The van der Waals surface area contributed by atoms with Gasteiger partial charge in [-0.25, -0.2) is 9.59 Å². The molecule has 0 radical (unpaired) electrons. The van der Waals surface area contributed by atoms with Gasteiger partial charge in [-0.3, -0.25) is 0 Å². The van der Waals surface area contributed by atoms with E-state index in [1.165, 1.54) is 0 Å². The first-order valence-corrected chi connectivity index (χ1v) is 6.31. The van der Waals surface area contributed by atoms with Crippen LogP contribution < -0.4 is 10.6 Å². The largest absolute Gasteiger partial charge is 0.480 e. The van der Waals surface area contributed by atoms with Crippen LogP contribution in [0.4, 0.5) is 4.79 Å². The van der Waals surface area contributed by atoms with Gasteiger partial charge in [0.05, 0.1) is 0 Å². The summed E-state index contributed by atoms with van der Waals surface area (Å²) < 4.78 is 0. The average Bonchev–Trinajstić information content (AvgIpc) is 2.77. The van der Waals surface area contributed by atoms with Crippen LogP contribution in [0.5, 0.6) is 0 Å². The first-order valence-electron chi connectivity index (χ1n) is 6.31. The highest BCUT2D eigenvalue weighted by atomic mass is 16.4. The zero-order valence-corrected chi connectivity index (χ0v) is 11.8. The van der Waals surface area contributed by atoms with Crippen molar-refractivity contribution >= 4 is 12.0 Å². The smallest absolute Gasteiger partial charge is 0.326 e. The molecular formula is C13H24N2O3. The third-order valence-corrected chi connectivity index (χ3v) is 3.61. The molecule has 0 saturated heterocycles. The fourth-order valence-corrected chi connectivity index (χ4v) is 1.97. The second kappa shape index (κ2) is 4.78. The number of nitrogens with one attached hydrogen (secondary N) is 2. The molecule has 0 aromatic carbocycles. The molecule has 3 N–H and O–H groups in total. The summed E-state index contributed by atoms with van der Waals surface area (Å²) in [4.78, 5) is 22.8. The Balaban J connectivity index is 2.41. The summed E-state index contributed by atoms with van der Waals surface area (Å²) in [6, 6.07) is -1.29. The van der Waals surface area contributed by atoms with Gasteiger partial charge in [-0.15, -0.1) is 0 Å². The molecule has 0 bridgehead atoms. The summed E-state index contributed by atoms with van der Waals surface area (Å²) in [5.41, 5.74) is -0.203. The number of aliphatic carboxylic acids is 1. The minimum Gasteiger partial charge on any atom is -0.480 e. The van der Waals surface area contributed by atoms with Crippen molar-refractivity contribution in [3.05, 3.63) is 0 Å². The molecule has 0 spiro atoms. The van der Waals surface area contributed by atoms with Crippen LogP contribution in [0.3, 0.4) is 0 Å². The summed E-state index contributed by atoms with van der Waals surface area (Å²) in [6.45, 7) is 10.3. The van der Waals surface area contributed by atoms with Crippen LogP contribution in [0.25, 0.3) is 0 Å². The van der Waals surface area contributed by atoms with E-state index in [2.05, 4.69) is 24.5 Å². The van der Waals surface area contributed by atoms with E-state index in [0.717, 1.165) is 6.42 Å². The fraction of sp³-hybridized carbons (Fsp3) is 0.846. The number of hydrogen-bond donors (Lipinski definition) is 3. The molecule has 2 unspecified atom stereocenters. The number of rotatable bonds is 4. The molecule has 1 aliphatic rings. The highest BCUT2D eigenvalue weighted by Gasteiger charge is 2.45. The predicted molar refractivity (Wildman–Crippen MR) is 69.3 cm³/mol. The van der Waals surface area contributed by atoms with Crippen molar-refractivity contribution in [1.82, 2.24) is 10.6 Å². The molecule has 0 heterocycles. The van der Waals surface area contributed by atoms with Crippen molar-refractivity contribution in [2.24, 2.45) is 16.7 Å². The lowest BCUT2D eigenvalue weighted by Gasteiger charge is -2.27. The second-order valence-electron chi connectivity index (χ2n) is 6.88. The molecule has 1 aliphatic carbocycles. The first-order chi connectivity index (χ1) is 8.04. The number of amides is 2. The Kier molecular flexibility index (Phi) is 3.93.